The van der Waals surface area contributed by atoms with Crippen LogP contribution >= 0.6 is 11.8 Å². The number of unbranched alkanes of at least 4 members (excludes halogenated alkanes) is 3. The number of Topliss-reactive ketones (excluding diaryl/α,β-unsaturated/α-hetero) is 2. The van der Waals surface area contributed by atoms with Gasteiger partial charge in [0.2, 0.25) is 23.6 Å². The molecule has 2 aromatic rings. The second-order valence-corrected chi connectivity index (χ2v) is 24.5. The third-order valence-corrected chi connectivity index (χ3v) is 18.0. The normalized spacial score (nSPS) is 18.7. The third kappa shape index (κ3) is 20.3. The van der Waals surface area contributed by atoms with Crippen LogP contribution in [0.25, 0.3) is 0 Å². The molecule has 81 heavy (non-hydrogen) atoms. The molecule has 18 heteroatoms. The van der Waals surface area contributed by atoms with Crippen LogP contribution in [0.1, 0.15) is 144 Å². The van der Waals surface area contributed by atoms with E-state index < -0.39 is 41.8 Å². The molecule has 0 aromatic heterocycles. The van der Waals surface area contributed by atoms with Gasteiger partial charge in [-0.05, 0) is 105 Å². The van der Waals surface area contributed by atoms with Crippen LogP contribution < -0.4 is 10.1 Å². The van der Waals surface area contributed by atoms with Crippen molar-refractivity contribution in [2.24, 2.45) is 35.5 Å². The van der Waals surface area contributed by atoms with Crippen molar-refractivity contribution in [3.63, 3.8) is 0 Å². The fraction of sp³-hybridized carbons (Fsp3) is 0.683. The highest BCUT2D eigenvalue weighted by molar-refractivity contribution is 8.00. The predicted octanol–water partition coefficient (Wildman–Crippen LogP) is 9.24. The number of nitrogens with zero attached hydrogens (tertiary/aromatic N) is 4. The van der Waals surface area contributed by atoms with Crippen molar-refractivity contribution in [2.75, 3.05) is 65.6 Å². The summed E-state index contributed by atoms with van der Waals surface area (Å²) in [6.07, 6.45) is 6.95. The number of carboxylic acids is 1. The average Bonchev–Trinajstić information content (AvgIpc) is 4.06. The van der Waals surface area contributed by atoms with Gasteiger partial charge in [-0.25, -0.2) is 0 Å². The Labute approximate surface area is 487 Å². The molecule has 5 amide bonds. The van der Waals surface area contributed by atoms with Crippen molar-refractivity contribution in [3.05, 3.63) is 60.2 Å². The largest absolute Gasteiger partial charge is 0.484 e. The monoisotopic (exact) mass is 1150 g/mol. The van der Waals surface area contributed by atoms with Gasteiger partial charge in [0.15, 0.2) is 12.4 Å². The van der Waals surface area contributed by atoms with Crippen LogP contribution in [0.5, 0.6) is 5.75 Å². The summed E-state index contributed by atoms with van der Waals surface area (Å²) in [4.78, 5) is 114. The van der Waals surface area contributed by atoms with Gasteiger partial charge in [0, 0.05) is 90.7 Å². The van der Waals surface area contributed by atoms with Crippen molar-refractivity contribution < 1.29 is 57.7 Å². The number of likely N-dealkylation sites (N-methyl/N-ethyl adjacent to an activating group) is 2. The Balaban J connectivity index is 1.30. The van der Waals surface area contributed by atoms with Gasteiger partial charge in [0.1, 0.15) is 11.5 Å². The molecule has 1 unspecified atom stereocenters. The smallest absolute Gasteiger partial charge is 0.307 e. The van der Waals surface area contributed by atoms with Gasteiger partial charge >= 0.3 is 5.97 Å². The molecule has 2 fully saturated rings. The summed E-state index contributed by atoms with van der Waals surface area (Å²) >= 11 is 1.57. The van der Waals surface area contributed by atoms with E-state index in [0.717, 1.165) is 50.0 Å². The number of imide groups is 1. The molecular weight excluding hydrogens is 1050 g/mol. The quantitative estimate of drug-likeness (QED) is 0.0475. The van der Waals surface area contributed by atoms with Gasteiger partial charge < -0.3 is 34.4 Å². The van der Waals surface area contributed by atoms with Crippen LogP contribution in [0.15, 0.2) is 54.6 Å². The van der Waals surface area contributed by atoms with Crippen LogP contribution in [0, 0.1) is 35.5 Å². The topological polar surface area (TPSA) is 209 Å². The Hall–Kier alpha value is -5.17. The van der Waals surface area contributed by atoms with Crippen molar-refractivity contribution in [1.82, 2.24) is 19.6 Å². The fourth-order valence-corrected chi connectivity index (χ4v) is 13.0. The number of likely N-dealkylation sites (tertiary alicyclic amines) is 2. The third-order valence-electron chi connectivity index (χ3n) is 16.7. The number of hydrogen-bond acceptors (Lipinski definition) is 13. The van der Waals surface area contributed by atoms with E-state index in [2.05, 4.69) is 31.0 Å². The minimum Gasteiger partial charge on any atom is -0.484 e. The van der Waals surface area contributed by atoms with E-state index in [1.165, 1.54) is 9.80 Å². The Morgan fingerprint density at radius 1 is 0.815 bits per heavy atom. The minimum absolute atomic E-state index is 0.0370. The molecule has 0 bridgehead atoms. The van der Waals surface area contributed by atoms with Crippen molar-refractivity contribution in [1.29, 1.82) is 0 Å². The highest BCUT2D eigenvalue weighted by atomic mass is 32.2. The lowest BCUT2D eigenvalue weighted by molar-refractivity contribution is -0.147. The number of carboxylic acid groups (broad SMARTS) is 1. The molecule has 17 nitrogen and oxygen atoms in total. The number of hydrogen-bond donors (Lipinski definition) is 2. The highest BCUT2D eigenvalue weighted by Crippen LogP contribution is 2.32. The molecule has 2 N–H and O–H groups in total. The number of methoxy groups -OCH3 is 2. The zero-order chi connectivity index (χ0) is 59.9. The summed E-state index contributed by atoms with van der Waals surface area (Å²) in [5.74, 6) is -3.51. The summed E-state index contributed by atoms with van der Waals surface area (Å²) < 4.78 is 18.2. The van der Waals surface area contributed by atoms with E-state index in [-0.39, 0.29) is 115 Å². The zero-order valence-corrected chi connectivity index (χ0v) is 51.5. The standard InChI is InChI=1S/C63H97N5O12S/c1-13-15-35-81-54-39-56(72)68(62(54)75)33-21-17-20-26-55(71)64-47-27-29-48(30-28-47)80-40-57(73)65(9)58(42(5)6)52(70)38-49(41(3)4)61(74)66(10)59(43(7)14-2)53(78-11)31-34-67-32-22-25-50(67)60(79-12)44(8)51(69)37-46(63(76)77)36-45-23-18-16-19-24-45/h16,18-19,23-24,27-30,41-44,46,49-50,53-54,58-60H,13-15,17,20-22,25-26,31-40H2,1-12H3,(H,64,71)(H,76,77)/t43-,44-,46+,49-,50-,53+,54?,58-,59-,60+/m0/s1. The summed E-state index contributed by atoms with van der Waals surface area (Å²) in [5, 5.41) is 12.7. The van der Waals surface area contributed by atoms with E-state index in [4.69, 9.17) is 14.2 Å². The first-order valence-electron chi connectivity index (χ1n) is 29.7. The number of rotatable bonds is 38. The molecule has 0 radical (unpaired) electrons. The molecule has 4 rings (SSSR count). The van der Waals surface area contributed by atoms with Crippen molar-refractivity contribution in [3.8, 4) is 5.75 Å². The number of carbonyl (C=O) groups is 8. The van der Waals surface area contributed by atoms with E-state index >= 15 is 0 Å². The van der Waals surface area contributed by atoms with E-state index in [0.29, 0.717) is 50.2 Å². The van der Waals surface area contributed by atoms with Crippen LogP contribution in [-0.2, 0) is 54.3 Å². The number of ketones is 2. The Morgan fingerprint density at radius 3 is 2.11 bits per heavy atom. The number of benzene rings is 2. The number of carbonyl (C=O) groups excluding carboxylic acids is 7. The first kappa shape index (κ1) is 68.3. The SMILES string of the molecule is CCCCSC1CC(=O)N(CCCCCC(=O)Nc2ccc(OCC(=O)N(C)[C@H](C(=O)C[C@H](C(=O)N(C)[C@@H]([C@@H](C)CC)[C@@H](CCN3CCC[C@H]3[C@H](OC)[C@@H](C)C(=O)C[C@@H](Cc3ccccc3)C(=O)O)OC)C(C)C)C(C)C)cc2)C1=O. The number of thioether (sulfide) groups is 1. The second-order valence-electron chi connectivity index (χ2n) is 23.2. The van der Waals surface area contributed by atoms with Crippen LogP contribution in [0.4, 0.5) is 5.69 Å². The summed E-state index contributed by atoms with van der Waals surface area (Å²) in [6, 6.07) is 14.8. The maximum atomic E-state index is 14.8. The molecule has 0 saturated carbocycles. The van der Waals surface area contributed by atoms with Gasteiger partial charge in [-0.1, -0.05) is 105 Å². The second kappa shape index (κ2) is 34.4. The van der Waals surface area contributed by atoms with Gasteiger partial charge in [-0.3, -0.25) is 48.2 Å². The lowest BCUT2D eigenvalue weighted by Gasteiger charge is -2.41. The lowest BCUT2D eigenvalue weighted by atomic mass is 9.83. The van der Waals surface area contributed by atoms with E-state index in [1.807, 2.05) is 65.0 Å². The van der Waals surface area contributed by atoms with Gasteiger partial charge in [0.05, 0.1) is 35.5 Å². The maximum absolute atomic E-state index is 14.8. The minimum atomic E-state index is -0.999. The zero-order valence-electron chi connectivity index (χ0n) is 50.7. The molecule has 2 aromatic carbocycles. The highest BCUT2D eigenvalue weighted by Gasteiger charge is 2.42. The molecule has 2 saturated heterocycles. The fourth-order valence-electron chi connectivity index (χ4n) is 11.7. The number of nitrogens with one attached hydrogen (secondary N) is 1. The van der Waals surface area contributed by atoms with E-state index in [1.54, 1.807) is 69.2 Å². The van der Waals surface area contributed by atoms with Gasteiger partial charge in [0.25, 0.3) is 5.91 Å². The first-order chi connectivity index (χ1) is 38.6. The van der Waals surface area contributed by atoms with Crippen molar-refractivity contribution in [2.45, 2.75) is 181 Å². The van der Waals surface area contributed by atoms with Crippen molar-refractivity contribution >= 4 is 64.5 Å². The molecule has 2 heterocycles. The van der Waals surface area contributed by atoms with Gasteiger partial charge in [-0.15, -0.1) is 11.8 Å². The average molecular weight is 1150 g/mol. The van der Waals surface area contributed by atoms with E-state index in [9.17, 15) is 43.5 Å². The number of aliphatic carboxylic acids is 1. The molecule has 0 spiro atoms. The Kier molecular flexibility index (Phi) is 29.1. The number of ether oxygens (including phenoxy) is 3. The molecule has 10 atom stereocenters. The summed E-state index contributed by atoms with van der Waals surface area (Å²) in [5.41, 5.74) is 1.43. The number of anilines is 1. The predicted molar refractivity (Wildman–Crippen MR) is 318 cm³/mol. The van der Waals surface area contributed by atoms with Crippen LogP contribution in [-0.4, -0.2) is 168 Å². The Morgan fingerprint density at radius 2 is 1.51 bits per heavy atom. The molecular formula is C63H97N5O12S. The first-order valence-corrected chi connectivity index (χ1v) is 30.8. The van der Waals surface area contributed by atoms with Crippen LogP contribution in [0.3, 0.4) is 0 Å². The van der Waals surface area contributed by atoms with Crippen LogP contribution in [0.2, 0.25) is 0 Å². The molecule has 2 aliphatic rings. The lowest BCUT2D eigenvalue weighted by Crippen LogP contribution is -2.53. The number of amides is 5. The molecule has 2 aliphatic heterocycles. The Bertz CT molecular complexity index is 2340. The molecule has 0 aliphatic carbocycles. The maximum Gasteiger partial charge on any atom is 0.307 e. The van der Waals surface area contributed by atoms with Gasteiger partial charge in [-0.2, -0.15) is 0 Å². The molecule has 452 valence electrons. The summed E-state index contributed by atoms with van der Waals surface area (Å²) in [6.45, 7) is 17.2. The summed E-state index contributed by atoms with van der Waals surface area (Å²) in [7, 11) is 6.66.